The Morgan fingerprint density at radius 2 is 0.618 bits per heavy atom. The third-order valence-electron chi connectivity index (χ3n) is 15.9. The fourth-order valence-corrected chi connectivity index (χ4v) is 10.6. The van der Waals surface area contributed by atoms with Gasteiger partial charge in [0.05, 0.1) is 25.4 Å². The van der Waals surface area contributed by atoms with Gasteiger partial charge in [0.25, 0.3) is 0 Å². The van der Waals surface area contributed by atoms with Gasteiger partial charge >= 0.3 is 5.97 Å². The van der Waals surface area contributed by atoms with Gasteiger partial charge in [-0.25, -0.2) is 0 Å². The molecule has 0 rings (SSSR count). The average molecular weight is 1070 g/mol. The number of aliphatic hydroxyl groups is 2. The minimum atomic E-state index is -0.851. The first-order valence-electron chi connectivity index (χ1n) is 34.3. The van der Waals surface area contributed by atoms with Gasteiger partial charge in [-0.2, -0.15) is 0 Å². The van der Waals surface area contributed by atoms with Crippen LogP contribution in [0.4, 0.5) is 0 Å². The Balaban J connectivity index is 3.44. The van der Waals surface area contributed by atoms with E-state index in [1.807, 2.05) is 6.08 Å². The maximum atomic E-state index is 12.5. The van der Waals surface area contributed by atoms with Crippen LogP contribution in [0, 0.1) is 0 Å². The number of esters is 1. The number of carbonyl (C=O) groups is 2. The number of allylic oxidation sites excluding steroid dienone is 5. The van der Waals surface area contributed by atoms with Gasteiger partial charge in [0.2, 0.25) is 5.91 Å². The first kappa shape index (κ1) is 74.1. The molecular weight excluding hydrogens is 935 g/mol. The first-order chi connectivity index (χ1) is 37.5. The van der Waals surface area contributed by atoms with Gasteiger partial charge in [-0.1, -0.05) is 314 Å². The van der Waals surface area contributed by atoms with Crippen LogP contribution in [0.25, 0.3) is 0 Å². The zero-order chi connectivity index (χ0) is 55.0. The van der Waals surface area contributed by atoms with Crippen molar-refractivity contribution >= 4 is 11.9 Å². The van der Waals surface area contributed by atoms with Crippen LogP contribution in [-0.2, 0) is 14.3 Å². The Bertz CT molecular complexity index is 1230. The number of carbonyl (C=O) groups excluding carboxylic acids is 2. The maximum absolute atomic E-state index is 12.5. The van der Waals surface area contributed by atoms with Gasteiger partial charge in [-0.3, -0.25) is 9.59 Å². The summed E-state index contributed by atoms with van der Waals surface area (Å²) in [5, 5.41) is 23.2. The summed E-state index contributed by atoms with van der Waals surface area (Å²) >= 11 is 0. The highest BCUT2D eigenvalue weighted by atomic mass is 16.5. The molecule has 0 aliphatic heterocycles. The van der Waals surface area contributed by atoms with E-state index >= 15 is 0 Å². The Hall–Kier alpha value is -1.92. The van der Waals surface area contributed by atoms with E-state index in [1.54, 1.807) is 6.08 Å². The van der Waals surface area contributed by atoms with Crippen LogP contribution < -0.4 is 5.32 Å². The van der Waals surface area contributed by atoms with Crippen LogP contribution in [0.2, 0.25) is 0 Å². The van der Waals surface area contributed by atoms with E-state index < -0.39 is 12.1 Å². The largest absolute Gasteiger partial charge is 0.466 e. The molecule has 0 aromatic rings. The van der Waals surface area contributed by atoms with Crippen molar-refractivity contribution in [3.63, 3.8) is 0 Å². The molecule has 0 saturated carbocycles. The molecule has 6 nitrogen and oxygen atoms in total. The highest BCUT2D eigenvalue weighted by Gasteiger charge is 2.18. The number of aliphatic hydroxyl groups excluding tert-OH is 2. The van der Waals surface area contributed by atoms with Crippen molar-refractivity contribution in [2.75, 3.05) is 13.2 Å². The molecule has 0 spiro atoms. The number of ether oxygens (including phenoxy) is 1. The van der Waals surface area contributed by atoms with Crippen molar-refractivity contribution in [2.45, 2.75) is 386 Å². The van der Waals surface area contributed by atoms with Crippen molar-refractivity contribution in [3.8, 4) is 0 Å². The summed E-state index contributed by atoms with van der Waals surface area (Å²) in [6.07, 6.45) is 83.4. The normalized spacial score (nSPS) is 12.7. The topological polar surface area (TPSA) is 95.9 Å². The lowest BCUT2D eigenvalue weighted by atomic mass is 10.0. The van der Waals surface area contributed by atoms with Crippen molar-refractivity contribution in [1.82, 2.24) is 5.32 Å². The standard InChI is InChI=1S/C70H133NO5/c1-3-5-7-9-11-13-15-17-19-21-23-27-30-34-38-42-46-50-54-58-62-68(73)67(66-72)71-69(74)63-59-55-51-47-43-39-35-31-28-24-25-29-33-37-41-45-49-53-57-61-65-76-70(75)64-60-56-52-48-44-40-36-32-26-22-20-18-16-14-12-10-8-6-4-2/h18,20,24,28,58,62,67-68,72-73H,3-17,19,21-23,25-27,29-57,59-61,63-66H2,1-2H3,(H,71,74)/b20-18-,28-24-,62-58+. The fraction of sp³-hybridized carbons (Fsp3) is 0.886. The fourth-order valence-electron chi connectivity index (χ4n) is 10.6. The quantitative estimate of drug-likeness (QED) is 0.0320. The lowest BCUT2D eigenvalue weighted by molar-refractivity contribution is -0.143. The molecule has 0 aromatic heterocycles. The average Bonchev–Trinajstić information content (AvgIpc) is 3.42. The Labute approximate surface area is 474 Å². The molecule has 0 aliphatic rings. The number of rotatable bonds is 64. The number of hydrogen-bond acceptors (Lipinski definition) is 5. The molecular formula is C70H133NO5. The second-order valence-corrected chi connectivity index (χ2v) is 23.5. The van der Waals surface area contributed by atoms with Crippen molar-refractivity contribution < 1.29 is 24.5 Å². The minimum Gasteiger partial charge on any atom is -0.466 e. The molecule has 0 radical (unpaired) electrons. The van der Waals surface area contributed by atoms with E-state index in [0.717, 1.165) is 51.4 Å². The molecule has 0 aliphatic carbocycles. The summed E-state index contributed by atoms with van der Waals surface area (Å²) in [6, 6.07) is -0.636. The Kier molecular flexibility index (Phi) is 63.9. The molecule has 0 bridgehead atoms. The molecule has 0 fully saturated rings. The van der Waals surface area contributed by atoms with Crippen molar-refractivity contribution in [3.05, 3.63) is 36.5 Å². The van der Waals surface area contributed by atoms with Gasteiger partial charge in [0.1, 0.15) is 0 Å². The highest BCUT2D eigenvalue weighted by molar-refractivity contribution is 5.76. The Morgan fingerprint density at radius 1 is 0.355 bits per heavy atom. The molecule has 0 aromatic carbocycles. The summed E-state index contributed by atoms with van der Waals surface area (Å²) in [5.74, 6) is -0.0680. The predicted molar refractivity (Wildman–Crippen MR) is 333 cm³/mol. The number of amides is 1. The summed E-state index contributed by atoms with van der Waals surface area (Å²) in [7, 11) is 0. The molecule has 0 saturated heterocycles. The third kappa shape index (κ3) is 61.3. The van der Waals surface area contributed by atoms with Gasteiger partial charge in [0.15, 0.2) is 0 Å². The van der Waals surface area contributed by atoms with E-state index in [9.17, 15) is 19.8 Å². The zero-order valence-corrected chi connectivity index (χ0v) is 51.3. The van der Waals surface area contributed by atoms with E-state index in [1.165, 1.54) is 295 Å². The molecule has 1 amide bonds. The zero-order valence-electron chi connectivity index (χ0n) is 51.3. The molecule has 76 heavy (non-hydrogen) atoms. The van der Waals surface area contributed by atoms with Gasteiger partial charge in [-0.05, 0) is 83.5 Å². The van der Waals surface area contributed by atoms with E-state index in [2.05, 4.69) is 43.5 Å². The van der Waals surface area contributed by atoms with Gasteiger partial charge in [-0.15, -0.1) is 0 Å². The van der Waals surface area contributed by atoms with E-state index in [0.29, 0.717) is 19.4 Å². The lowest BCUT2D eigenvalue weighted by Crippen LogP contribution is -2.45. The molecule has 2 unspecified atom stereocenters. The van der Waals surface area contributed by atoms with Crippen LogP contribution in [-0.4, -0.2) is 47.4 Å². The number of nitrogens with one attached hydrogen (secondary N) is 1. The maximum Gasteiger partial charge on any atom is 0.305 e. The van der Waals surface area contributed by atoms with Crippen molar-refractivity contribution in [1.29, 1.82) is 0 Å². The highest BCUT2D eigenvalue weighted by Crippen LogP contribution is 2.18. The summed E-state index contributed by atoms with van der Waals surface area (Å²) in [4.78, 5) is 24.6. The van der Waals surface area contributed by atoms with Crippen molar-refractivity contribution in [2.24, 2.45) is 0 Å². The summed E-state index contributed by atoms with van der Waals surface area (Å²) < 4.78 is 5.50. The van der Waals surface area contributed by atoms with Gasteiger partial charge < -0.3 is 20.3 Å². The predicted octanol–water partition coefficient (Wildman–Crippen LogP) is 21.9. The monoisotopic (exact) mass is 1070 g/mol. The minimum absolute atomic E-state index is 0.00565. The number of hydrogen-bond donors (Lipinski definition) is 3. The molecule has 6 heteroatoms. The van der Waals surface area contributed by atoms with Crippen LogP contribution in [0.1, 0.15) is 373 Å². The van der Waals surface area contributed by atoms with Gasteiger partial charge in [0, 0.05) is 12.8 Å². The van der Waals surface area contributed by atoms with Crippen LogP contribution >= 0.6 is 0 Å². The summed E-state index contributed by atoms with van der Waals surface area (Å²) in [5.41, 5.74) is 0. The van der Waals surface area contributed by atoms with Crippen LogP contribution in [0.3, 0.4) is 0 Å². The number of unbranched alkanes of at least 4 members (excludes halogenated alkanes) is 49. The molecule has 0 heterocycles. The first-order valence-corrected chi connectivity index (χ1v) is 34.3. The van der Waals surface area contributed by atoms with Crippen LogP contribution in [0.15, 0.2) is 36.5 Å². The van der Waals surface area contributed by atoms with Crippen LogP contribution in [0.5, 0.6) is 0 Å². The molecule has 2 atom stereocenters. The molecule has 448 valence electrons. The van der Waals surface area contributed by atoms with E-state index in [4.69, 9.17) is 4.74 Å². The molecule has 3 N–H and O–H groups in total. The third-order valence-corrected chi connectivity index (χ3v) is 15.9. The second-order valence-electron chi connectivity index (χ2n) is 23.5. The van der Waals surface area contributed by atoms with E-state index in [-0.39, 0.29) is 18.5 Å². The SMILES string of the molecule is CCCCCCCC/C=C\CCCCCCCCCCCC(=O)OCCCCCCCCCCC/C=C\CCCCCCCCCC(=O)NC(CO)C(O)/C=C/CCCCCCCCCCCCCCCCCCCC. The lowest BCUT2D eigenvalue weighted by Gasteiger charge is -2.20. The summed E-state index contributed by atoms with van der Waals surface area (Å²) in [6.45, 7) is 4.92. The Morgan fingerprint density at radius 3 is 0.934 bits per heavy atom. The smallest absolute Gasteiger partial charge is 0.305 e. The second kappa shape index (κ2) is 65.6.